The van der Waals surface area contributed by atoms with Gasteiger partial charge in [0.15, 0.2) is 6.10 Å². The van der Waals surface area contributed by atoms with E-state index in [0.29, 0.717) is 47.3 Å². The summed E-state index contributed by atoms with van der Waals surface area (Å²) in [4.78, 5) is 29.5. The van der Waals surface area contributed by atoms with Crippen LogP contribution >= 0.6 is 11.6 Å². The molecule has 9 heteroatoms. The van der Waals surface area contributed by atoms with Gasteiger partial charge >= 0.3 is 0 Å². The molecule has 0 aliphatic carbocycles. The number of ether oxygens (including phenoxy) is 2. The van der Waals surface area contributed by atoms with Gasteiger partial charge in [0.05, 0.1) is 29.7 Å². The van der Waals surface area contributed by atoms with Crippen LogP contribution in [0.3, 0.4) is 0 Å². The molecule has 1 aromatic heterocycles. The summed E-state index contributed by atoms with van der Waals surface area (Å²) < 4.78 is 24.6. The number of amides is 1. The molecule has 1 saturated heterocycles. The number of rotatable bonds is 5. The first-order chi connectivity index (χ1) is 15.4. The Balaban J connectivity index is 1.60. The Morgan fingerprint density at radius 3 is 2.88 bits per heavy atom. The number of carbonyl (C=O) groups excluding carboxylic acids is 1. The minimum atomic E-state index is -0.793. The van der Waals surface area contributed by atoms with E-state index in [1.54, 1.807) is 36.1 Å². The van der Waals surface area contributed by atoms with Gasteiger partial charge in [-0.15, -0.1) is 0 Å². The molecule has 7 nitrogen and oxygen atoms in total. The van der Waals surface area contributed by atoms with Crippen molar-refractivity contribution in [3.05, 3.63) is 63.8 Å². The molecule has 2 atom stereocenters. The van der Waals surface area contributed by atoms with Crippen LogP contribution in [0.4, 0.5) is 4.39 Å². The summed E-state index contributed by atoms with van der Waals surface area (Å²) in [5, 5.41) is 10.5. The van der Waals surface area contributed by atoms with E-state index in [-0.39, 0.29) is 23.1 Å². The molecule has 1 aliphatic heterocycles. The fourth-order valence-corrected chi connectivity index (χ4v) is 4.05. The lowest BCUT2D eigenvalue weighted by Crippen LogP contribution is -2.50. The summed E-state index contributed by atoms with van der Waals surface area (Å²) in [5.74, 6) is -0.321. The Kier molecular flexibility index (Phi) is 6.45. The first-order valence-electron chi connectivity index (χ1n) is 10.2. The number of pyridine rings is 1. The lowest BCUT2D eigenvalue weighted by molar-refractivity contribution is -0.146. The molecule has 3 aromatic rings. The second kappa shape index (κ2) is 9.28. The highest BCUT2D eigenvalue weighted by atomic mass is 35.5. The maximum Gasteiger partial charge on any atom is 0.263 e. The number of hydrogen-bond acceptors (Lipinski definition) is 5. The number of H-pyrrole nitrogens is 1. The highest BCUT2D eigenvalue weighted by molar-refractivity contribution is 6.33. The highest BCUT2D eigenvalue weighted by Gasteiger charge is 2.28. The van der Waals surface area contributed by atoms with Crippen LogP contribution in [0, 0.1) is 5.82 Å². The molecule has 2 heterocycles. The van der Waals surface area contributed by atoms with Gasteiger partial charge < -0.3 is 24.5 Å². The van der Waals surface area contributed by atoms with E-state index < -0.39 is 18.0 Å². The Morgan fingerprint density at radius 2 is 2.12 bits per heavy atom. The lowest BCUT2D eigenvalue weighted by Gasteiger charge is -2.33. The van der Waals surface area contributed by atoms with Gasteiger partial charge in [0.1, 0.15) is 11.6 Å². The second-order valence-corrected chi connectivity index (χ2v) is 7.99. The number of aromatic nitrogens is 1. The van der Waals surface area contributed by atoms with E-state index in [4.69, 9.17) is 21.1 Å². The monoisotopic (exact) mass is 460 g/mol. The van der Waals surface area contributed by atoms with E-state index in [1.807, 2.05) is 0 Å². The zero-order chi connectivity index (χ0) is 22.8. The number of hydrogen-bond donors (Lipinski definition) is 2. The van der Waals surface area contributed by atoms with Crippen molar-refractivity contribution in [2.24, 2.45) is 0 Å². The van der Waals surface area contributed by atoms with Crippen LogP contribution in [-0.2, 0) is 9.53 Å². The number of carbonyl (C=O) groups is 1. The van der Waals surface area contributed by atoms with Crippen LogP contribution < -0.4 is 10.3 Å². The quantitative estimate of drug-likeness (QED) is 0.610. The minimum absolute atomic E-state index is 0.160. The Morgan fingerprint density at radius 1 is 1.31 bits per heavy atom. The van der Waals surface area contributed by atoms with Gasteiger partial charge in [-0.05, 0) is 48.7 Å². The number of aromatic amines is 1. The molecule has 1 fully saturated rings. The number of aliphatic hydroxyl groups excluding tert-OH is 1. The van der Waals surface area contributed by atoms with Crippen molar-refractivity contribution in [3.63, 3.8) is 0 Å². The number of halogens is 2. The zero-order valence-corrected chi connectivity index (χ0v) is 18.1. The summed E-state index contributed by atoms with van der Waals surface area (Å²) in [5.41, 5.74) is 0.895. The van der Waals surface area contributed by atoms with Crippen molar-refractivity contribution in [1.29, 1.82) is 0 Å². The van der Waals surface area contributed by atoms with Gasteiger partial charge in [0.25, 0.3) is 11.5 Å². The number of morpholine rings is 1. The van der Waals surface area contributed by atoms with Crippen molar-refractivity contribution >= 4 is 28.3 Å². The van der Waals surface area contributed by atoms with Gasteiger partial charge in [-0.25, -0.2) is 4.39 Å². The third-order valence-corrected chi connectivity index (χ3v) is 5.72. The average Bonchev–Trinajstić information content (AvgIpc) is 2.79. The molecular weight excluding hydrogens is 439 g/mol. The summed E-state index contributed by atoms with van der Waals surface area (Å²) in [6.07, 6.45) is 0.335. The zero-order valence-electron chi connectivity index (χ0n) is 17.3. The van der Waals surface area contributed by atoms with Crippen molar-refractivity contribution in [3.8, 4) is 16.9 Å². The molecular formula is C23H22ClFN2O5. The van der Waals surface area contributed by atoms with Crippen molar-refractivity contribution in [2.75, 3.05) is 26.3 Å². The summed E-state index contributed by atoms with van der Waals surface area (Å²) in [6, 6.07) is 9.01. The lowest BCUT2D eigenvalue weighted by atomic mass is 10.0. The third kappa shape index (κ3) is 4.48. The smallest absolute Gasteiger partial charge is 0.263 e. The van der Waals surface area contributed by atoms with E-state index in [2.05, 4.69) is 4.98 Å². The van der Waals surface area contributed by atoms with E-state index in [0.717, 1.165) is 0 Å². The van der Waals surface area contributed by atoms with Crippen LogP contribution in [0.1, 0.15) is 6.92 Å². The summed E-state index contributed by atoms with van der Waals surface area (Å²) >= 11 is 6.21. The predicted octanol–water partition coefficient (Wildman–Crippen LogP) is 2.97. The molecule has 0 unspecified atom stereocenters. The maximum atomic E-state index is 13.4. The van der Waals surface area contributed by atoms with Gasteiger partial charge in [-0.3, -0.25) is 9.59 Å². The SMILES string of the molecule is C[C@@H](Oc1ccc2c(-c3ccc(F)cc3Cl)c[nH]c(=O)c2c1)C(=O)N1CCO[C@@H](CO)C1. The maximum absolute atomic E-state index is 13.4. The van der Waals surface area contributed by atoms with Crippen molar-refractivity contribution < 1.29 is 23.8 Å². The standard InChI is InChI=1S/C23H22ClFN2O5/c1-13(23(30)27-6-7-31-16(11-27)12-28)32-15-3-5-17-19(9-15)22(29)26-10-20(17)18-4-2-14(25)8-21(18)24/h2-5,8-10,13,16,28H,6-7,11-12H2,1H3,(H,26,29)/t13-,16-/m1/s1. The summed E-state index contributed by atoms with van der Waals surface area (Å²) in [6.45, 7) is 2.54. The van der Waals surface area contributed by atoms with Crippen LogP contribution in [0.5, 0.6) is 5.75 Å². The van der Waals surface area contributed by atoms with Crippen LogP contribution in [-0.4, -0.2) is 59.4 Å². The normalized spacial score (nSPS) is 17.4. The average molecular weight is 461 g/mol. The molecule has 32 heavy (non-hydrogen) atoms. The van der Waals surface area contributed by atoms with Gasteiger partial charge in [-0.2, -0.15) is 0 Å². The Bertz CT molecular complexity index is 1210. The molecule has 0 bridgehead atoms. The fourth-order valence-electron chi connectivity index (χ4n) is 3.78. The van der Waals surface area contributed by atoms with Crippen molar-refractivity contribution in [1.82, 2.24) is 9.88 Å². The fraction of sp³-hybridized carbons (Fsp3) is 0.304. The number of aliphatic hydroxyl groups is 1. The number of nitrogens with one attached hydrogen (secondary N) is 1. The molecule has 0 radical (unpaired) electrons. The predicted molar refractivity (Wildman–Crippen MR) is 118 cm³/mol. The van der Waals surface area contributed by atoms with E-state index >= 15 is 0 Å². The molecule has 168 valence electrons. The molecule has 0 spiro atoms. The van der Waals surface area contributed by atoms with E-state index in [1.165, 1.54) is 18.3 Å². The van der Waals surface area contributed by atoms with Gasteiger partial charge in [0.2, 0.25) is 0 Å². The number of benzene rings is 2. The van der Waals surface area contributed by atoms with Gasteiger partial charge in [-0.1, -0.05) is 11.6 Å². The van der Waals surface area contributed by atoms with Crippen molar-refractivity contribution in [2.45, 2.75) is 19.1 Å². The largest absolute Gasteiger partial charge is 0.481 e. The second-order valence-electron chi connectivity index (χ2n) is 7.58. The molecule has 0 saturated carbocycles. The Hall–Kier alpha value is -2.94. The molecule has 4 rings (SSSR count). The highest BCUT2D eigenvalue weighted by Crippen LogP contribution is 2.33. The van der Waals surface area contributed by atoms with Crippen LogP contribution in [0.2, 0.25) is 5.02 Å². The molecule has 2 aromatic carbocycles. The minimum Gasteiger partial charge on any atom is -0.481 e. The van der Waals surface area contributed by atoms with E-state index in [9.17, 15) is 19.1 Å². The molecule has 2 N–H and O–H groups in total. The Labute approximate surface area is 188 Å². The molecule has 1 amide bonds. The number of fused-ring (bicyclic) bond motifs is 1. The molecule has 1 aliphatic rings. The topological polar surface area (TPSA) is 91.9 Å². The first-order valence-corrected chi connectivity index (χ1v) is 10.5. The summed E-state index contributed by atoms with van der Waals surface area (Å²) in [7, 11) is 0. The third-order valence-electron chi connectivity index (χ3n) is 5.41. The number of nitrogens with zero attached hydrogens (tertiary/aromatic N) is 1. The van der Waals surface area contributed by atoms with Crippen LogP contribution in [0.15, 0.2) is 47.4 Å². The van der Waals surface area contributed by atoms with Crippen LogP contribution in [0.25, 0.3) is 21.9 Å². The van der Waals surface area contributed by atoms with Gasteiger partial charge in [0, 0.05) is 30.4 Å². The first kappa shape index (κ1) is 22.3.